The van der Waals surface area contributed by atoms with E-state index in [-0.39, 0.29) is 11.8 Å². The van der Waals surface area contributed by atoms with E-state index in [4.69, 9.17) is 12.2 Å². The molecule has 0 aliphatic carbocycles. The van der Waals surface area contributed by atoms with Gasteiger partial charge in [-0.05, 0) is 42.4 Å². The number of nitrogens with zero attached hydrogens (tertiary/aromatic N) is 2. The fraction of sp³-hybridized carbons (Fsp3) is 0.105. The van der Waals surface area contributed by atoms with Crippen LogP contribution in [-0.2, 0) is 11.2 Å². The zero-order chi connectivity index (χ0) is 17.6. The van der Waals surface area contributed by atoms with E-state index in [1.54, 1.807) is 10.6 Å². The minimum Gasteiger partial charge on any atom is -0.493 e. The fourth-order valence-corrected chi connectivity index (χ4v) is 4.30. The lowest BCUT2D eigenvalue weighted by Crippen LogP contribution is -2.22. The summed E-state index contributed by atoms with van der Waals surface area (Å²) in [4.78, 5) is 16.9. The van der Waals surface area contributed by atoms with Crippen molar-refractivity contribution in [3.05, 3.63) is 73.5 Å². The smallest absolute Gasteiger partial charge is 0.279 e. The third kappa shape index (κ3) is 2.54. The maximum absolute atomic E-state index is 12.4. The second-order valence-corrected chi connectivity index (χ2v) is 7.33. The van der Waals surface area contributed by atoms with E-state index in [1.807, 2.05) is 42.5 Å². The molecular weight excluding hydrogens is 352 g/mol. The number of benzene rings is 2. The van der Waals surface area contributed by atoms with Gasteiger partial charge in [0.15, 0.2) is 3.95 Å². The van der Waals surface area contributed by atoms with Gasteiger partial charge in [0.2, 0.25) is 5.88 Å². The summed E-state index contributed by atoms with van der Waals surface area (Å²) in [5.41, 5.74) is 2.39. The van der Waals surface area contributed by atoms with Crippen molar-refractivity contribution in [2.45, 2.75) is 13.3 Å². The number of aryl methyl sites for hydroxylation is 1. The van der Waals surface area contributed by atoms with Crippen LogP contribution < -0.4 is 10.6 Å². The van der Waals surface area contributed by atoms with Crippen molar-refractivity contribution in [3.8, 4) is 11.6 Å². The summed E-state index contributed by atoms with van der Waals surface area (Å²) in [6, 6.07) is 15.2. The molecule has 0 fully saturated rings. The first-order valence-electron chi connectivity index (χ1n) is 7.87. The number of fused-ring (bicyclic) bond motifs is 1. The lowest BCUT2D eigenvalue weighted by molar-refractivity contribution is -0.112. The summed E-state index contributed by atoms with van der Waals surface area (Å²) in [5.74, 6) is -0.365. The average molecular weight is 366 g/mol. The fourth-order valence-electron chi connectivity index (χ4n) is 2.92. The van der Waals surface area contributed by atoms with Crippen LogP contribution in [0.15, 0.2) is 53.5 Å². The first kappa shape index (κ1) is 15.9. The average Bonchev–Trinajstić information content (AvgIpc) is 3.10. The Kier molecular flexibility index (Phi) is 3.86. The Balaban J connectivity index is 1.94. The second-order valence-electron chi connectivity index (χ2n) is 5.69. The van der Waals surface area contributed by atoms with Crippen LogP contribution >= 0.6 is 23.6 Å². The van der Waals surface area contributed by atoms with Gasteiger partial charge in [0.1, 0.15) is 4.88 Å². The van der Waals surface area contributed by atoms with Crippen LogP contribution in [0, 0.1) is 3.95 Å². The van der Waals surface area contributed by atoms with Gasteiger partial charge >= 0.3 is 0 Å². The van der Waals surface area contributed by atoms with Crippen molar-refractivity contribution in [1.82, 2.24) is 4.57 Å². The van der Waals surface area contributed by atoms with E-state index < -0.39 is 0 Å². The predicted molar refractivity (Wildman–Crippen MR) is 100 cm³/mol. The number of carbonyl (C=O) groups is 1. The molecule has 1 aromatic heterocycles. The lowest BCUT2D eigenvalue weighted by atomic mass is 10.1. The van der Waals surface area contributed by atoms with Crippen LogP contribution in [0.25, 0.3) is 11.3 Å². The quantitative estimate of drug-likeness (QED) is 0.725. The normalized spacial score (nSPS) is 13.0. The van der Waals surface area contributed by atoms with Crippen molar-refractivity contribution in [1.29, 1.82) is 0 Å². The summed E-state index contributed by atoms with van der Waals surface area (Å²) in [6.07, 6.45) is 0.942. The Hall–Kier alpha value is -2.57. The predicted octanol–water partition coefficient (Wildman–Crippen LogP) is 2.90. The highest BCUT2D eigenvalue weighted by Crippen LogP contribution is 2.34. The molecular formula is C19H14N2O2S2. The number of hydrogen-bond acceptors (Lipinski definition) is 4. The third-order valence-corrected chi connectivity index (χ3v) is 5.61. The molecule has 4 nitrogen and oxygen atoms in total. The van der Waals surface area contributed by atoms with Gasteiger partial charge in [-0.15, -0.1) is 11.3 Å². The molecule has 4 rings (SSSR count). The molecule has 0 unspecified atom stereocenters. The largest absolute Gasteiger partial charge is 0.493 e. The Bertz CT molecular complexity index is 1170. The summed E-state index contributed by atoms with van der Waals surface area (Å²) in [6.45, 7) is 2.09. The number of thiazole rings is 1. The Labute approximate surface area is 153 Å². The van der Waals surface area contributed by atoms with Crippen molar-refractivity contribution in [2.75, 3.05) is 0 Å². The molecule has 25 heavy (non-hydrogen) atoms. The van der Waals surface area contributed by atoms with Crippen LogP contribution in [-0.4, -0.2) is 15.6 Å². The Morgan fingerprint density at radius 2 is 1.88 bits per heavy atom. The molecule has 0 bridgehead atoms. The minimum absolute atomic E-state index is 0.0190. The topological polar surface area (TPSA) is 54.6 Å². The van der Waals surface area contributed by atoms with Crippen molar-refractivity contribution >= 4 is 35.0 Å². The molecule has 0 saturated heterocycles. The number of aromatic nitrogens is 1. The Morgan fingerprint density at radius 3 is 2.60 bits per heavy atom. The molecule has 2 heterocycles. The van der Waals surface area contributed by atoms with Gasteiger partial charge in [0.05, 0.1) is 16.6 Å². The molecule has 2 aromatic carbocycles. The summed E-state index contributed by atoms with van der Waals surface area (Å²) in [5, 5.41) is 12.1. The van der Waals surface area contributed by atoms with E-state index in [9.17, 15) is 9.90 Å². The minimum atomic E-state index is -0.346. The standard InChI is InChI=1S/C19H14N2O2S2/c1-2-11-7-9-12(10-8-11)21-18(23)16(25-19(21)24)15-13-5-3-4-6-14(13)20-17(15)22/h3-10,23H,2H2,1H3. The molecule has 1 amide bonds. The van der Waals surface area contributed by atoms with Gasteiger partial charge in [-0.1, -0.05) is 37.3 Å². The summed E-state index contributed by atoms with van der Waals surface area (Å²) in [7, 11) is 0. The van der Waals surface area contributed by atoms with Gasteiger partial charge in [-0.3, -0.25) is 9.36 Å². The van der Waals surface area contributed by atoms with E-state index in [0.717, 1.165) is 17.3 Å². The summed E-state index contributed by atoms with van der Waals surface area (Å²) < 4.78 is 2.08. The van der Waals surface area contributed by atoms with Gasteiger partial charge in [-0.25, -0.2) is 4.99 Å². The number of carbonyl (C=O) groups excluding carboxylic acids is 1. The number of para-hydroxylation sites is 1. The lowest BCUT2D eigenvalue weighted by Gasteiger charge is -2.06. The zero-order valence-corrected chi connectivity index (χ0v) is 15.0. The molecule has 1 N–H and O–H groups in total. The molecule has 1 aliphatic rings. The van der Waals surface area contributed by atoms with Crippen LogP contribution in [0.2, 0.25) is 0 Å². The van der Waals surface area contributed by atoms with Crippen LogP contribution in [0.5, 0.6) is 5.88 Å². The zero-order valence-electron chi connectivity index (χ0n) is 13.4. The molecule has 6 heteroatoms. The van der Waals surface area contributed by atoms with Crippen molar-refractivity contribution in [2.24, 2.45) is 4.99 Å². The highest BCUT2D eigenvalue weighted by molar-refractivity contribution is 7.73. The SMILES string of the molecule is CCc1ccc(-n2c(O)c(C3=c4ccccc4=NC3=O)sc2=S)cc1. The van der Waals surface area contributed by atoms with Gasteiger partial charge in [0, 0.05) is 5.22 Å². The van der Waals surface area contributed by atoms with Crippen molar-refractivity contribution in [3.63, 3.8) is 0 Å². The molecule has 3 aromatic rings. The van der Waals surface area contributed by atoms with Crippen LogP contribution in [0.4, 0.5) is 0 Å². The molecule has 0 atom stereocenters. The highest BCUT2D eigenvalue weighted by atomic mass is 32.1. The maximum Gasteiger partial charge on any atom is 0.279 e. The number of rotatable bonds is 3. The summed E-state index contributed by atoms with van der Waals surface area (Å²) >= 11 is 6.66. The van der Waals surface area contributed by atoms with Gasteiger partial charge in [-0.2, -0.15) is 0 Å². The number of amides is 1. The second kappa shape index (κ2) is 6.06. The first-order chi connectivity index (χ1) is 12.1. The maximum atomic E-state index is 12.4. The van der Waals surface area contributed by atoms with E-state index in [2.05, 4.69) is 11.9 Å². The molecule has 1 aliphatic heterocycles. The van der Waals surface area contributed by atoms with Crippen LogP contribution in [0.3, 0.4) is 0 Å². The third-order valence-electron chi connectivity index (χ3n) is 4.23. The molecule has 0 saturated carbocycles. The van der Waals surface area contributed by atoms with Gasteiger partial charge < -0.3 is 5.11 Å². The monoisotopic (exact) mass is 366 g/mol. The highest BCUT2D eigenvalue weighted by Gasteiger charge is 2.25. The molecule has 0 spiro atoms. The van der Waals surface area contributed by atoms with E-state index in [1.165, 1.54) is 16.9 Å². The van der Waals surface area contributed by atoms with Gasteiger partial charge in [0.25, 0.3) is 5.91 Å². The number of aromatic hydroxyl groups is 1. The number of hydrogen-bond donors (Lipinski definition) is 1. The first-order valence-corrected chi connectivity index (χ1v) is 9.09. The molecule has 0 radical (unpaired) electrons. The Morgan fingerprint density at radius 1 is 1.16 bits per heavy atom. The van der Waals surface area contributed by atoms with E-state index in [0.29, 0.717) is 19.8 Å². The van der Waals surface area contributed by atoms with Crippen molar-refractivity contribution < 1.29 is 9.90 Å². The van der Waals surface area contributed by atoms with Crippen LogP contribution in [0.1, 0.15) is 17.4 Å². The van der Waals surface area contributed by atoms with E-state index >= 15 is 0 Å². The molecule has 124 valence electrons.